The van der Waals surface area contributed by atoms with E-state index < -0.39 is 0 Å². The van der Waals surface area contributed by atoms with Gasteiger partial charge in [-0.2, -0.15) is 0 Å². The summed E-state index contributed by atoms with van der Waals surface area (Å²) in [6.07, 6.45) is 2.15. The average molecular weight is 343 g/mol. The number of thioether (sulfide) groups is 1. The minimum absolute atomic E-state index is 0.140. The fraction of sp³-hybridized carbons (Fsp3) is 0.263. The van der Waals surface area contributed by atoms with Crippen LogP contribution in [-0.2, 0) is 16.1 Å². The lowest BCUT2D eigenvalue weighted by atomic mass is 10.2. The van der Waals surface area contributed by atoms with Gasteiger partial charge >= 0.3 is 5.97 Å². The number of hydrogen-bond acceptors (Lipinski definition) is 4. The molecule has 0 heterocycles. The SMILES string of the molecule is CSc1ccc(COC(=O)CC(C)NC(=O)c2ccccc2)cc1. The number of ether oxygens (including phenoxy) is 1. The van der Waals surface area contributed by atoms with Gasteiger partial charge < -0.3 is 10.1 Å². The second-order valence-corrected chi connectivity index (χ2v) is 6.33. The molecule has 0 aliphatic heterocycles. The predicted molar refractivity (Wildman–Crippen MR) is 96.0 cm³/mol. The number of nitrogens with one attached hydrogen (secondary N) is 1. The second kappa shape index (κ2) is 9.13. The van der Waals surface area contributed by atoms with E-state index in [0.717, 1.165) is 5.56 Å². The third kappa shape index (κ3) is 5.74. The van der Waals surface area contributed by atoms with Crippen LogP contribution in [0.5, 0.6) is 0 Å². The van der Waals surface area contributed by atoms with E-state index in [-0.39, 0.29) is 30.9 Å². The molecule has 0 fully saturated rings. The Morgan fingerprint density at radius 3 is 2.38 bits per heavy atom. The molecule has 2 rings (SSSR count). The molecule has 0 spiro atoms. The number of hydrogen-bond donors (Lipinski definition) is 1. The molecule has 0 aliphatic carbocycles. The van der Waals surface area contributed by atoms with E-state index in [9.17, 15) is 9.59 Å². The van der Waals surface area contributed by atoms with Gasteiger partial charge in [0.15, 0.2) is 0 Å². The molecule has 0 saturated carbocycles. The molecule has 0 bridgehead atoms. The molecule has 0 saturated heterocycles. The first-order valence-corrected chi connectivity index (χ1v) is 8.95. The van der Waals surface area contributed by atoms with Crippen molar-refractivity contribution in [3.63, 3.8) is 0 Å². The maximum Gasteiger partial charge on any atom is 0.308 e. The van der Waals surface area contributed by atoms with Crippen LogP contribution in [-0.4, -0.2) is 24.2 Å². The van der Waals surface area contributed by atoms with E-state index in [1.54, 1.807) is 43.0 Å². The van der Waals surface area contributed by atoms with E-state index in [2.05, 4.69) is 5.32 Å². The third-order valence-corrected chi connectivity index (χ3v) is 4.19. The van der Waals surface area contributed by atoms with Crippen LogP contribution in [0.25, 0.3) is 0 Å². The molecule has 0 radical (unpaired) electrons. The molecule has 126 valence electrons. The Morgan fingerprint density at radius 1 is 1.08 bits per heavy atom. The lowest BCUT2D eigenvalue weighted by Crippen LogP contribution is -2.34. The van der Waals surface area contributed by atoms with Crippen molar-refractivity contribution in [1.82, 2.24) is 5.32 Å². The Bertz CT molecular complexity index is 671. The molecule has 1 unspecified atom stereocenters. The van der Waals surface area contributed by atoms with Crippen LogP contribution >= 0.6 is 11.8 Å². The summed E-state index contributed by atoms with van der Waals surface area (Å²) in [6.45, 7) is 2.03. The Hall–Kier alpha value is -2.27. The monoisotopic (exact) mass is 343 g/mol. The smallest absolute Gasteiger partial charge is 0.308 e. The van der Waals surface area contributed by atoms with Gasteiger partial charge in [-0.3, -0.25) is 9.59 Å². The molecule has 2 aromatic carbocycles. The fourth-order valence-corrected chi connectivity index (χ4v) is 2.55. The predicted octanol–water partition coefficient (Wildman–Crippen LogP) is 3.66. The maximum absolute atomic E-state index is 12.0. The summed E-state index contributed by atoms with van der Waals surface area (Å²) in [5.41, 5.74) is 1.52. The van der Waals surface area contributed by atoms with Crippen LogP contribution in [0.15, 0.2) is 59.5 Å². The zero-order valence-electron chi connectivity index (χ0n) is 13.8. The zero-order valence-corrected chi connectivity index (χ0v) is 14.6. The maximum atomic E-state index is 12.0. The van der Waals surface area contributed by atoms with Crippen molar-refractivity contribution in [2.75, 3.05) is 6.26 Å². The molecular weight excluding hydrogens is 322 g/mol. The minimum atomic E-state index is -0.329. The summed E-state index contributed by atoms with van der Waals surface area (Å²) in [5, 5.41) is 2.80. The van der Waals surface area contributed by atoms with Crippen molar-refractivity contribution in [2.45, 2.75) is 30.9 Å². The number of amides is 1. The fourth-order valence-electron chi connectivity index (χ4n) is 2.14. The largest absolute Gasteiger partial charge is 0.461 e. The van der Waals surface area contributed by atoms with Crippen molar-refractivity contribution in [3.8, 4) is 0 Å². The van der Waals surface area contributed by atoms with E-state index in [1.807, 2.05) is 36.6 Å². The number of carbonyl (C=O) groups is 2. The Kier molecular flexibility index (Phi) is 6.88. The standard InChI is InChI=1S/C19H21NO3S/c1-14(20-19(22)16-6-4-3-5-7-16)12-18(21)23-13-15-8-10-17(24-2)11-9-15/h3-11,14H,12-13H2,1-2H3,(H,20,22). The molecule has 1 N–H and O–H groups in total. The van der Waals surface area contributed by atoms with Gasteiger partial charge in [0.25, 0.3) is 5.91 Å². The zero-order chi connectivity index (χ0) is 17.4. The summed E-state index contributed by atoms with van der Waals surface area (Å²) < 4.78 is 5.26. The van der Waals surface area contributed by atoms with E-state index in [0.29, 0.717) is 5.56 Å². The van der Waals surface area contributed by atoms with Crippen molar-refractivity contribution >= 4 is 23.6 Å². The average Bonchev–Trinajstić information content (AvgIpc) is 2.61. The minimum Gasteiger partial charge on any atom is -0.461 e. The van der Waals surface area contributed by atoms with Crippen LogP contribution < -0.4 is 5.32 Å². The highest BCUT2D eigenvalue weighted by Crippen LogP contribution is 2.15. The lowest BCUT2D eigenvalue weighted by molar-refractivity contribution is -0.145. The Labute approximate surface area is 146 Å². The topological polar surface area (TPSA) is 55.4 Å². The number of benzene rings is 2. The molecule has 1 amide bonds. The lowest BCUT2D eigenvalue weighted by Gasteiger charge is -2.13. The van der Waals surface area contributed by atoms with Crippen LogP contribution in [0.4, 0.5) is 0 Å². The quantitative estimate of drug-likeness (QED) is 0.616. The number of rotatable bonds is 7. The molecule has 24 heavy (non-hydrogen) atoms. The summed E-state index contributed by atoms with van der Waals surface area (Å²) in [4.78, 5) is 25.1. The Balaban J connectivity index is 1.75. The van der Waals surface area contributed by atoms with Gasteiger partial charge in [-0.1, -0.05) is 30.3 Å². The van der Waals surface area contributed by atoms with Gasteiger partial charge in [0.2, 0.25) is 0 Å². The molecule has 2 aromatic rings. The van der Waals surface area contributed by atoms with Gasteiger partial charge in [0.05, 0.1) is 6.42 Å². The van der Waals surface area contributed by atoms with Gasteiger partial charge in [0.1, 0.15) is 6.61 Å². The van der Waals surface area contributed by atoms with Crippen LogP contribution in [0.3, 0.4) is 0 Å². The molecule has 0 aliphatic rings. The van der Waals surface area contributed by atoms with Crippen LogP contribution in [0, 0.1) is 0 Å². The first-order chi connectivity index (χ1) is 11.6. The number of carbonyl (C=O) groups excluding carboxylic acids is 2. The first kappa shape index (κ1) is 18.1. The third-order valence-electron chi connectivity index (χ3n) is 3.45. The highest BCUT2D eigenvalue weighted by Gasteiger charge is 2.14. The molecule has 5 heteroatoms. The number of esters is 1. The second-order valence-electron chi connectivity index (χ2n) is 5.45. The van der Waals surface area contributed by atoms with Gasteiger partial charge in [0, 0.05) is 16.5 Å². The molecule has 4 nitrogen and oxygen atoms in total. The van der Waals surface area contributed by atoms with Crippen LogP contribution in [0.1, 0.15) is 29.3 Å². The van der Waals surface area contributed by atoms with Crippen molar-refractivity contribution in [1.29, 1.82) is 0 Å². The normalized spacial score (nSPS) is 11.6. The highest BCUT2D eigenvalue weighted by molar-refractivity contribution is 7.98. The molecule has 1 atom stereocenters. The van der Waals surface area contributed by atoms with Crippen molar-refractivity contribution in [3.05, 3.63) is 65.7 Å². The summed E-state index contributed by atoms with van der Waals surface area (Å²) in [7, 11) is 0. The van der Waals surface area contributed by atoms with Gasteiger partial charge in [-0.15, -0.1) is 11.8 Å². The van der Waals surface area contributed by atoms with Gasteiger partial charge in [-0.25, -0.2) is 0 Å². The molecule has 0 aromatic heterocycles. The van der Waals surface area contributed by atoms with Crippen molar-refractivity contribution in [2.24, 2.45) is 0 Å². The van der Waals surface area contributed by atoms with Crippen molar-refractivity contribution < 1.29 is 14.3 Å². The van der Waals surface area contributed by atoms with Crippen LogP contribution in [0.2, 0.25) is 0 Å². The van der Waals surface area contributed by atoms with E-state index in [1.165, 1.54) is 4.90 Å². The summed E-state index contributed by atoms with van der Waals surface area (Å²) >= 11 is 1.67. The molecular formula is C19H21NO3S. The van der Waals surface area contributed by atoms with E-state index in [4.69, 9.17) is 4.74 Å². The summed E-state index contributed by atoms with van der Waals surface area (Å²) in [6, 6.07) is 16.5. The summed E-state index contributed by atoms with van der Waals surface area (Å²) in [5.74, 6) is -0.520. The first-order valence-electron chi connectivity index (χ1n) is 7.73. The highest BCUT2D eigenvalue weighted by atomic mass is 32.2. The Morgan fingerprint density at radius 2 is 1.75 bits per heavy atom. The van der Waals surface area contributed by atoms with E-state index >= 15 is 0 Å². The van der Waals surface area contributed by atoms with Gasteiger partial charge in [-0.05, 0) is 43.0 Å².